The molecule has 0 saturated heterocycles. The number of halogens is 2. The van der Waals surface area contributed by atoms with Crippen molar-refractivity contribution < 1.29 is 4.39 Å². The molecule has 1 aromatic heterocycles. The summed E-state index contributed by atoms with van der Waals surface area (Å²) in [5, 5.41) is 4.34. The van der Waals surface area contributed by atoms with Gasteiger partial charge in [0.1, 0.15) is 5.82 Å². The van der Waals surface area contributed by atoms with Gasteiger partial charge in [-0.1, -0.05) is 28.1 Å². The van der Waals surface area contributed by atoms with Crippen LogP contribution in [0, 0.1) is 12.7 Å². The van der Waals surface area contributed by atoms with Gasteiger partial charge < -0.3 is 5.32 Å². The van der Waals surface area contributed by atoms with E-state index in [1.807, 2.05) is 37.3 Å². The predicted molar refractivity (Wildman–Crippen MR) is 87.9 cm³/mol. The van der Waals surface area contributed by atoms with Crippen LogP contribution < -0.4 is 5.32 Å². The number of fused-ring (bicyclic) bond motifs is 1. The van der Waals surface area contributed by atoms with E-state index in [1.165, 1.54) is 12.1 Å². The molecule has 0 saturated carbocycles. The van der Waals surface area contributed by atoms with E-state index in [1.54, 1.807) is 6.20 Å². The highest BCUT2D eigenvalue weighted by atomic mass is 79.9. The minimum absolute atomic E-state index is 0.226. The smallest absolute Gasteiger partial charge is 0.125 e. The highest BCUT2D eigenvalue weighted by Gasteiger charge is 2.06. The highest BCUT2D eigenvalue weighted by molar-refractivity contribution is 9.10. The van der Waals surface area contributed by atoms with Crippen LogP contribution in [0.3, 0.4) is 0 Å². The van der Waals surface area contributed by atoms with Gasteiger partial charge in [-0.05, 0) is 48.4 Å². The van der Waals surface area contributed by atoms with Gasteiger partial charge in [0, 0.05) is 28.3 Å². The molecular formula is C17H14BrFN2. The average molecular weight is 345 g/mol. The minimum Gasteiger partial charge on any atom is -0.381 e. The van der Waals surface area contributed by atoms with Crippen molar-refractivity contribution in [3.05, 3.63) is 70.1 Å². The molecule has 0 fully saturated rings. The molecule has 1 N–H and O–H groups in total. The molecule has 0 bridgehead atoms. The predicted octanol–water partition coefficient (Wildman–Crippen LogP) is 5.06. The molecule has 0 aliphatic carbocycles. The van der Waals surface area contributed by atoms with E-state index in [4.69, 9.17) is 0 Å². The Kier molecular flexibility index (Phi) is 3.88. The van der Waals surface area contributed by atoms with Crippen LogP contribution >= 0.6 is 15.9 Å². The van der Waals surface area contributed by atoms with Gasteiger partial charge in [-0.15, -0.1) is 0 Å². The molecule has 0 aliphatic heterocycles. The van der Waals surface area contributed by atoms with Gasteiger partial charge >= 0.3 is 0 Å². The summed E-state index contributed by atoms with van der Waals surface area (Å²) in [6.07, 6.45) is 1.78. The number of hydrogen-bond donors (Lipinski definition) is 1. The molecule has 3 rings (SSSR count). The Morgan fingerprint density at radius 1 is 1.19 bits per heavy atom. The van der Waals surface area contributed by atoms with Crippen LogP contribution in [0.15, 0.2) is 53.1 Å². The fourth-order valence-electron chi connectivity index (χ4n) is 2.37. The summed E-state index contributed by atoms with van der Waals surface area (Å²) >= 11 is 3.54. The van der Waals surface area contributed by atoms with Gasteiger partial charge in [-0.25, -0.2) is 4.39 Å². The van der Waals surface area contributed by atoms with Gasteiger partial charge in [0.05, 0.1) is 5.52 Å². The van der Waals surface area contributed by atoms with Crippen molar-refractivity contribution in [2.24, 2.45) is 0 Å². The fourth-order valence-corrected chi connectivity index (χ4v) is 2.83. The van der Waals surface area contributed by atoms with E-state index in [0.717, 1.165) is 32.2 Å². The lowest BCUT2D eigenvalue weighted by Crippen LogP contribution is -2.01. The SMILES string of the molecule is Cc1cc(F)cc(NCc2ccc(Br)c3cccnc23)c1. The molecule has 1 heterocycles. The molecule has 0 atom stereocenters. The first kappa shape index (κ1) is 14.0. The summed E-state index contributed by atoms with van der Waals surface area (Å²) in [4.78, 5) is 4.45. The lowest BCUT2D eigenvalue weighted by molar-refractivity contribution is 0.627. The first-order chi connectivity index (χ1) is 10.1. The quantitative estimate of drug-likeness (QED) is 0.718. The van der Waals surface area contributed by atoms with Crippen LogP contribution in [0.1, 0.15) is 11.1 Å². The molecule has 4 heteroatoms. The molecule has 0 amide bonds. The second kappa shape index (κ2) is 5.82. The lowest BCUT2D eigenvalue weighted by atomic mass is 10.1. The Bertz CT molecular complexity index is 782. The van der Waals surface area contributed by atoms with Crippen LogP contribution in [0.4, 0.5) is 10.1 Å². The second-order valence-corrected chi connectivity index (χ2v) is 5.83. The van der Waals surface area contributed by atoms with E-state index in [2.05, 4.69) is 26.2 Å². The Balaban J connectivity index is 1.90. The Hall–Kier alpha value is -1.94. The maximum Gasteiger partial charge on any atom is 0.125 e. The minimum atomic E-state index is -0.226. The zero-order valence-electron chi connectivity index (χ0n) is 11.5. The third-order valence-electron chi connectivity index (χ3n) is 3.33. The van der Waals surface area contributed by atoms with E-state index in [0.29, 0.717) is 6.54 Å². The summed E-state index contributed by atoms with van der Waals surface area (Å²) < 4.78 is 14.4. The standard InChI is InChI=1S/C17H14BrFN2/c1-11-7-13(19)9-14(8-11)21-10-12-4-5-16(18)15-3-2-6-20-17(12)15/h2-9,21H,10H2,1H3. The highest BCUT2D eigenvalue weighted by Crippen LogP contribution is 2.26. The summed E-state index contributed by atoms with van der Waals surface area (Å²) in [7, 11) is 0. The number of hydrogen-bond acceptors (Lipinski definition) is 2. The maximum atomic E-state index is 13.4. The Morgan fingerprint density at radius 3 is 2.86 bits per heavy atom. The number of pyridine rings is 1. The molecular weight excluding hydrogens is 331 g/mol. The molecule has 0 spiro atoms. The van der Waals surface area contributed by atoms with Crippen LogP contribution in [0.5, 0.6) is 0 Å². The van der Waals surface area contributed by atoms with E-state index < -0.39 is 0 Å². The number of benzene rings is 2. The van der Waals surface area contributed by atoms with Crippen LogP contribution in [0.25, 0.3) is 10.9 Å². The molecule has 3 aromatic rings. The molecule has 0 unspecified atom stereocenters. The summed E-state index contributed by atoms with van der Waals surface area (Å²) in [6.45, 7) is 2.48. The van der Waals surface area contributed by atoms with Crippen molar-refractivity contribution in [1.29, 1.82) is 0 Å². The first-order valence-corrected chi connectivity index (χ1v) is 7.46. The molecule has 0 radical (unpaired) electrons. The topological polar surface area (TPSA) is 24.9 Å². The second-order valence-electron chi connectivity index (χ2n) is 4.98. The third kappa shape index (κ3) is 3.05. The first-order valence-electron chi connectivity index (χ1n) is 6.66. The Morgan fingerprint density at radius 2 is 2.05 bits per heavy atom. The van der Waals surface area contributed by atoms with Crippen LogP contribution in [-0.2, 0) is 6.54 Å². The van der Waals surface area contributed by atoms with Crippen LogP contribution in [0.2, 0.25) is 0 Å². The number of aromatic nitrogens is 1. The molecule has 2 aromatic carbocycles. The zero-order valence-corrected chi connectivity index (χ0v) is 13.1. The number of rotatable bonds is 3. The van der Waals surface area contributed by atoms with E-state index in [9.17, 15) is 4.39 Å². The maximum absolute atomic E-state index is 13.4. The lowest BCUT2D eigenvalue weighted by Gasteiger charge is -2.10. The molecule has 106 valence electrons. The van der Waals surface area contributed by atoms with Gasteiger partial charge in [0.2, 0.25) is 0 Å². The summed E-state index contributed by atoms with van der Waals surface area (Å²) in [5.41, 5.74) is 3.71. The number of aryl methyl sites for hydroxylation is 1. The molecule has 2 nitrogen and oxygen atoms in total. The third-order valence-corrected chi connectivity index (χ3v) is 4.02. The number of nitrogens with one attached hydrogen (secondary N) is 1. The van der Waals surface area contributed by atoms with Gasteiger partial charge in [-0.3, -0.25) is 4.98 Å². The zero-order chi connectivity index (χ0) is 14.8. The summed E-state index contributed by atoms with van der Waals surface area (Å²) in [5.74, 6) is -0.226. The van der Waals surface area contributed by atoms with Gasteiger partial charge in [0.25, 0.3) is 0 Å². The summed E-state index contributed by atoms with van der Waals surface area (Å²) in [6, 6.07) is 12.9. The monoisotopic (exact) mass is 344 g/mol. The Labute approximate surface area is 131 Å². The molecule has 21 heavy (non-hydrogen) atoms. The van der Waals surface area contributed by atoms with Crippen molar-refractivity contribution in [1.82, 2.24) is 4.98 Å². The van der Waals surface area contributed by atoms with Crippen LogP contribution in [-0.4, -0.2) is 4.98 Å². The van der Waals surface area contributed by atoms with Crippen molar-refractivity contribution in [2.75, 3.05) is 5.32 Å². The van der Waals surface area contributed by atoms with E-state index in [-0.39, 0.29) is 5.82 Å². The van der Waals surface area contributed by atoms with Crippen molar-refractivity contribution in [3.63, 3.8) is 0 Å². The van der Waals surface area contributed by atoms with Gasteiger partial charge in [-0.2, -0.15) is 0 Å². The average Bonchev–Trinajstić information content (AvgIpc) is 2.46. The largest absolute Gasteiger partial charge is 0.381 e. The number of nitrogens with zero attached hydrogens (tertiary/aromatic N) is 1. The van der Waals surface area contributed by atoms with Crippen molar-refractivity contribution in [2.45, 2.75) is 13.5 Å². The van der Waals surface area contributed by atoms with Crippen molar-refractivity contribution >= 4 is 32.5 Å². The fraction of sp³-hybridized carbons (Fsp3) is 0.118. The number of anilines is 1. The molecule has 0 aliphatic rings. The van der Waals surface area contributed by atoms with E-state index >= 15 is 0 Å². The normalized spacial score (nSPS) is 10.8. The van der Waals surface area contributed by atoms with Crippen molar-refractivity contribution in [3.8, 4) is 0 Å². The van der Waals surface area contributed by atoms with Gasteiger partial charge in [0.15, 0.2) is 0 Å².